The number of halogens is 1. The molecule has 4 heteroatoms. The van der Waals surface area contributed by atoms with Gasteiger partial charge in [0.2, 0.25) is 0 Å². The number of hydrogen-bond acceptors (Lipinski definition) is 3. The van der Waals surface area contributed by atoms with E-state index in [1.807, 2.05) is 30.3 Å². The summed E-state index contributed by atoms with van der Waals surface area (Å²) in [5.74, 6) is 0. The molecule has 0 amide bonds. The highest BCUT2D eigenvalue weighted by Crippen LogP contribution is 2.23. The van der Waals surface area contributed by atoms with Gasteiger partial charge in [0.05, 0.1) is 17.4 Å². The zero-order chi connectivity index (χ0) is 9.80. The van der Waals surface area contributed by atoms with Crippen molar-refractivity contribution in [3.63, 3.8) is 0 Å². The topological polar surface area (TPSA) is 25.8 Å². The molecule has 0 unspecified atom stereocenters. The highest BCUT2D eigenvalue weighted by Gasteiger charge is 1.98. The van der Waals surface area contributed by atoms with Gasteiger partial charge in [-0.3, -0.25) is 0 Å². The van der Waals surface area contributed by atoms with Crippen LogP contribution in [0.1, 0.15) is 0 Å². The summed E-state index contributed by atoms with van der Waals surface area (Å²) < 4.78 is 0. The Morgan fingerprint density at radius 2 is 1.64 bits per heavy atom. The van der Waals surface area contributed by atoms with E-state index in [9.17, 15) is 0 Å². The normalized spacial score (nSPS) is 10.1. The van der Waals surface area contributed by atoms with Crippen LogP contribution in [0.3, 0.4) is 0 Å². The minimum Gasteiger partial charge on any atom is -0.229 e. The van der Waals surface area contributed by atoms with Crippen molar-refractivity contribution in [3.8, 4) is 0 Å². The summed E-state index contributed by atoms with van der Waals surface area (Å²) in [6, 6.07) is 9.98. The standard InChI is InChI=1S/C10H7ClN2S/c11-8-6-12-10(13-7-8)14-9-4-2-1-3-5-9/h1-7H. The van der Waals surface area contributed by atoms with E-state index in [4.69, 9.17) is 11.6 Å². The second kappa shape index (κ2) is 4.44. The van der Waals surface area contributed by atoms with E-state index >= 15 is 0 Å². The minimum absolute atomic E-state index is 0.558. The summed E-state index contributed by atoms with van der Waals surface area (Å²) >= 11 is 7.20. The fourth-order valence-corrected chi connectivity index (χ4v) is 1.76. The second-order valence-corrected chi connectivity index (χ2v) is 4.08. The maximum absolute atomic E-state index is 5.68. The highest BCUT2D eigenvalue weighted by molar-refractivity contribution is 7.99. The van der Waals surface area contributed by atoms with E-state index in [-0.39, 0.29) is 0 Å². The molecule has 0 aliphatic rings. The first-order chi connectivity index (χ1) is 6.84. The van der Waals surface area contributed by atoms with E-state index in [1.54, 1.807) is 12.4 Å². The molecule has 0 fully saturated rings. The van der Waals surface area contributed by atoms with Crippen molar-refractivity contribution in [2.75, 3.05) is 0 Å². The molecule has 0 radical (unpaired) electrons. The summed E-state index contributed by atoms with van der Waals surface area (Å²) in [4.78, 5) is 9.31. The lowest BCUT2D eigenvalue weighted by molar-refractivity contribution is 0.967. The van der Waals surface area contributed by atoms with Gasteiger partial charge in [0.25, 0.3) is 0 Å². The van der Waals surface area contributed by atoms with Crippen LogP contribution < -0.4 is 0 Å². The van der Waals surface area contributed by atoms with E-state index in [2.05, 4.69) is 9.97 Å². The lowest BCUT2D eigenvalue weighted by Crippen LogP contribution is -1.83. The molecule has 14 heavy (non-hydrogen) atoms. The number of aromatic nitrogens is 2. The molecule has 2 nitrogen and oxygen atoms in total. The van der Waals surface area contributed by atoms with Gasteiger partial charge in [-0.05, 0) is 23.9 Å². The minimum atomic E-state index is 0.558. The maximum Gasteiger partial charge on any atom is 0.192 e. The molecule has 0 aliphatic carbocycles. The maximum atomic E-state index is 5.68. The van der Waals surface area contributed by atoms with E-state index < -0.39 is 0 Å². The van der Waals surface area contributed by atoms with Crippen molar-refractivity contribution in [3.05, 3.63) is 47.7 Å². The van der Waals surface area contributed by atoms with E-state index in [0.29, 0.717) is 10.2 Å². The fourth-order valence-electron chi connectivity index (χ4n) is 0.947. The smallest absolute Gasteiger partial charge is 0.192 e. The van der Waals surface area contributed by atoms with Crippen molar-refractivity contribution in [2.45, 2.75) is 10.1 Å². The lowest BCUT2D eigenvalue weighted by atomic mass is 10.4. The molecule has 0 N–H and O–H groups in total. The van der Waals surface area contributed by atoms with Crippen molar-refractivity contribution in [2.24, 2.45) is 0 Å². The van der Waals surface area contributed by atoms with Gasteiger partial charge in [-0.2, -0.15) is 0 Å². The Bertz CT molecular complexity index is 402. The van der Waals surface area contributed by atoms with Gasteiger partial charge in [-0.15, -0.1) is 0 Å². The monoisotopic (exact) mass is 222 g/mol. The first-order valence-corrected chi connectivity index (χ1v) is 5.24. The van der Waals surface area contributed by atoms with E-state index in [0.717, 1.165) is 4.90 Å². The first-order valence-electron chi connectivity index (χ1n) is 4.05. The largest absolute Gasteiger partial charge is 0.229 e. The van der Waals surface area contributed by atoms with Gasteiger partial charge in [0, 0.05) is 4.90 Å². The van der Waals surface area contributed by atoms with Crippen molar-refractivity contribution in [1.29, 1.82) is 0 Å². The number of benzene rings is 1. The molecular formula is C10H7ClN2S. The third kappa shape index (κ3) is 2.47. The molecule has 2 rings (SSSR count). The molecule has 1 aromatic heterocycles. The molecule has 0 atom stereocenters. The third-order valence-electron chi connectivity index (χ3n) is 1.55. The molecule has 1 heterocycles. The molecule has 70 valence electrons. The lowest BCUT2D eigenvalue weighted by Gasteiger charge is -1.98. The van der Waals surface area contributed by atoms with Crippen molar-refractivity contribution < 1.29 is 0 Å². The molecule has 0 aliphatic heterocycles. The zero-order valence-electron chi connectivity index (χ0n) is 7.22. The van der Waals surface area contributed by atoms with Gasteiger partial charge in [-0.1, -0.05) is 29.8 Å². The molecule has 0 saturated heterocycles. The van der Waals surface area contributed by atoms with E-state index in [1.165, 1.54) is 11.8 Å². The summed E-state index contributed by atoms with van der Waals surface area (Å²) in [6.07, 6.45) is 3.19. The summed E-state index contributed by atoms with van der Waals surface area (Å²) in [6.45, 7) is 0. The molecule has 0 saturated carbocycles. The Balaban J connectivity index is 2.16. The van der Waals surface area contributed by atoms with Crippen LogP contribution >= 0.6 is 23.4 Å². The molecule has 0 spiro atoms. The average molecular weight is 223 g/mol. The average Bonchev–Trinajstić information content (AvgIpc) is 2.23. The number of hydrogen-bond donors (Lipinski definition) is 0. The second-order valence-electron chi connectivity index (χ2n) is 2.60. The Kier molecular flexibility index (Phi) is 3.01. The summed E-state index contributed by atoms with van der Waals surface area (Å²) in [5.41, 5.74) is 0. The number of rotatable bonds is 2. The Morgan fingerprint density at radius 1 is 1.00 bits per heavy atom. The summed E-state index contributed by atoms with van der Waals surface area (Å²) in [5, 5.41) is 1.27. The zero-order valence-corrected chi connectivity index (χ0v) is 8.79. The van der Waals surface area contributed by atoms with Crippen LogP contribution in [0, 0.1) is 0 Å². The van der Waals surface area contributed by atoms with Crippen LogP contribution in [0.25, 0.3) is 0 Å². The van der Waals surface area contributed by atoms with Crippen LogP contribution in [-0.2, 0) is 0 Å². The van der Waals surface area contributed by atoms with Crippen LogP contribution in [0.2, 0.25) is 5.02 Å². The van der Waals surface area contributed by atoms with Crippen LogP contribution in [-0.4, -0.2) is 9.97 Å². The Morgan fingerprint density at radius 3 is 2.29 bits per heavy atom. The van der Waals surface area contributed by atoms with Crippen LogP contribution in [0.4, 0.5) is 0 Å². The van der Waals surface area contributed by atoms with Gasteiger partial charge >= 0.3 is 0 Å². The van der Waals surface area contributed by atoms with Crippen molar-refractivity contribution >= 4 is 23.4 Å². The highest BCUT2D eigenvalue weighted by atomic mass is 35.5. The molecule has 1 aromatic carbocycles. The van der Waals surface area contributed by atoms with Crippen LogP contribution in [0.15, 0.2) is 52.8 Å². The van der Waals surface area contributed by atoms with Gasteiger partial charge in [0.15, 0.2) is 5.16 Å². The first kappa shape index (κ1) is 9.49. The summed E-state index contributed by atoms with van der Waals surface area (Å²) in [7, 11) is 0. The van der Waals surface area contributed by atoms with Gasteiger partial charge < -0.3 is 0 Å². The predicted molar refractivity (Wildman–Crippen MR) is 57.6 cm³/mol. The Labute approximate surface area is 91.4 Å². The fraction of sp³-hybridized carbons (Fsp3) is 0. The molecule has 2 aromatic rings. The third-order valence-corrected chi connectivity index (χ3v) is 2.65. The van der Waals surface area contributed by atoms with Crippen LogP contribution in [0.5, 0.6) is 0 Å². The number of nitrogens with zero attached hydrogens (tertiary/aromatic N) is 2. The Hall–Kier alpha value is -1.06. The van der Waals surface area contributed by atoms with Crippen molar-refractivity contribution in [1.82, 2.24) is 9.97 Å². The molecule has 0 bridgehead atoms. The van der Waals surface area contributed by atoms with Gasteiger partial charge in [0.1, 0.15) is 0 Å². The quantitative estimate of drug-likeness (QED) is 0.730. The SMILES string of the molecule is Clc1cnc(Sc2ccccc2)nc1. The predicted octanol–water partition coefficient (Wildman–Crippen LogP) is 3.28. The van der Waals surface area contributed by atoms with Gasteiger partial charge in [-0.25, -0.2) is 9.97 Å². The molecular weight excluding hydrogens is 216 g/mol.